The zero-order chi connectivity index (χ0) is 33.1. The van der Waals surface area contributed by atoms with Gasteiger partial charge in [0.05, 0.1) is 0 Å². The first-order valence-electron chi connectivity index (χ1n) is 16.1. The van der Waals surface area contributed by atoms with Crippen molar-refractivity contribution in [3.63, 3.8) is 0 Å². The highest BCUT2D eigenvalue weighted by atomic mass is 35.7. The van der Waals surface area contributed by atoms with Gasteiger partial charge < -0.3 is 13.2 Å². The Labute approximate surface area is 298 Å². The number of allylic oxidation sites excluding steroid dienone is 4. The van der Waals surface area contributed by atoms with E-state index in [4.69, 9.17) is 49.1 Å². The van der Waals surface area contributed by atoms with E-state index < -0.39 is 14.8 Å². The predicted octanol–water partition coefficient (Wildman–Crippen LogP) is 6.89. The van der Waals surface area contributed by atoms with Crippen LogP contribution in [0.3, 0.4) is 0 Å². The van der Waals surface area contributed by atoms with Crippen LogP contribution in [0.4, 0.5) is 0 Å². The average Bonchev–Trinajstić information content (AvgIpc) is 2.90. The molecule has 2 atom stereocenters. The van der Waals surface area contributed by atoms with E-state index in [9.17, 15) is 0 Å². The van der Waals surface area contributed by atoms with E-state index >= 15 is 0 Å². The Bertz CT molecular complexity index is 780. The van der Waals surface area contributed by atoms with Gasteiger partial charge in [-0.1, -0.05) is 58.9 Å². The van der Waals surface area contributed by atoms with Gasteiger partial charge in [0.15, 0.2) is 0 Å². The quantitative estimate of drug-likeness (QED) is 0.0604. The van der Waals surface area contributed by atoms with Gasteiger partial charge in [0.25, 0.3) is 0 Å². The maximum Gasteiger partial charge on any atom is 0.242 e. The highest BCUT2D eigenvalue weighted by molar-refractivity contribution is 7.35. The summed E-state index contributed by atoms with van der Waals surface area (Å²) in [6, 6.07) is 0. The van der Waals surface area contributed by atoms with Crippen LogP contribution >= 0.6 is 44.3 Å². The van der Waals surface area contributed by atoms with Crippen LogP contribution in [0.5, 0.6) is 0 Å². The molecule has 0 aliphatic rings. The first kappa shape index (κ1) is 44.3. The fourth-order valence-corrected chi connectivity index (χ4v) is 15.6. The number of nitrogens with zero attached hydrogens (tertiary/aromatic N) is 2. The molecule has 2 unspecified atom stereocenters. The fraction of sp³-hybridized carbons (Fsp3) is 0.733. The Hall–Kier alpha value is 1.30. The minimum atomic E-state index is -1.88. The van der Waals surface area contributed by atoms with E-state index in [1.165, 1.54) is 22.3 Å². The summed E-state index contributed by atoms with van der Waals surface area (Å²) in [5.74, 6) is 0. The third kappa shape index (κ3) is 22.5. The van der Waals surface area contributed by atoms with Gasteiger partial charge in [0.2, 0.25) is 14.8 Å². The molecule has 0 fully saturated rings. The molecule has 0 aliphatic heterocycles. The molecule has 0 rings (SSSR count). The van der Waals surface area contributed by atoms with E-state index in [0.29, 0.717) is 13.2 Å². The third-order valence-corrected chi connectivity index (χ3v) is 28.2. The first-order valence-corrected chi connectivity index (χ1v) is 30.1. The van der Waals surface area contributed by atoms with E-state index in [-0.39, 0.29) is 48.8 Å². The number of rotatable bonds is 24. The van der Waals surface area contributed by atoms with Crippen LogP contribution in [0.1, 0.15) is 108 Å². The second-order valence-electron chi connectivity index (χ2n) is 13.9. The minimum absolute atomic E-state index is 0.0156. The Morgan fingerprint density at radius 3 is 1.07 bits per heavy atom. The molecule has 0 amide bonds. The van der Waals surface area contributed by atoms with Gasteiger partial charge in [0, 0.05) is 13.2 Å². The Balaban J connectivity index is 4.90. The van der Waals surface area contributed by atoms with Gasteiger partial charge in [-0.2, -0.15) is 0 Å². The first-order chi connectivity index (χ1) is 20.0. The maximum atomic E-state index is 6.69. The summed E-state index contributed by atoms with van der Waals surface area (Å²) in [6.45, 7) is 26.0. The lowest BCUT2D eigenvalue weighted by atomic mass is 10.00. The second kappa shape index (κ2) is 24.4. The summed E-state index contributed by atoms with van der Waals surface area (Å²) in [6.07, 6.45) is 6.29. The lowest BCUT2D eigenvalue weighted by Gasteiger charge is -2.32. The van der Waals surface area contributed by atoms with Crippen molar-refractivity contribution < 1.29 is 4.74 Å². The molecule has 0 heterocycles. The molecule has 43 heavy (non-hydrogen) atoms. The second-order valence-corrected chi connectivity index (χ2v) is 32.9. The van der Waals surface area contributed by atoms with Crippen molar-refractivity contribution in [2.45, 2.75) is 118 Å². The molecule has 0 aromatic heterocycles. The molecule has 0 radical (unpaired) electrons. The Kier molecular flexibility index (Phi) is 25.2. The van der Waals surface area contributed by atoms with Crippen LogP contribution in [0, 0.1) is 0 Å². The molecule has 0 saturated heterocycles. The van der Waals surface area contributed by atoms with Crippen LogP contribution in [-0.2, 0) is 4.74 Å². The van der Waals surface area contributed by atoms with Crippen molar-refractivity contribution in [3.05, 3.63) is 45.1 Å². The molecule has 0 aromatic carbocycles. The predicted molar refractivity (Wildman–Crippen MR) is 218 cm³/mol. The van der Waals surface area contributed by atoms with Crippen molar-refractivity contribution >= 4 is 97.9 Å². The lowest BCUT2D eigenvalue weighted by molar-refractivity contribution is 0.112. The lowest BCUT2D eigenvalue weighted by Crippen LogP contribution is -2.33. The molecule has 3 nitrogen and oxygen atoms in total. The zero-order valence-corrected chi connectivity index (χ0v) is 40.2. The zero-order valence-electron chi connectivity index (χ0n) is 29.2. The van der Waals surface area contributed by atoms with E-state index in [0.717, 1.165) is 51.6 Å². The van der Waals surface area contributed by atoms with Crippen molar-refractivity contribution in [3.8, 4) is 0 Å². The summed E-state index contributed by atoms with van der Waals surface area (Å²) < 4.78 is 11.8. The van der Waals surface area contributed by atoms with E-state index in [2.05, 4.69) is 100 Å². The molecular formula is C30H64Cl4N2OSi6. The fourth-order valence-electron chi connectivity index (χ4n) is 4.57. The van der Waals surface area contributed by atoms with E-state index in [1.807, 2.05) is 0 Å². The molecule has 0 saturated carbocycles. The number of hydrogen-bond donors (Lipinski definition) is 0. The van der Waals surface area contributed by atoms with Crippen LogP contribution in [0.25, 0.3) is 0 Å². The monoisotopic (exact) mass is 776 g/mol. The molecule has 0 aromatic rings. The number of halogens is 4. The van der Waals surface area contributed by atoms with Crippen LogP contribution in [-0.4, -0.2) is 88.3 Å². The van der Waals surface area contributed by atoms with E-state index in [1.54, 1.807) is 0 Å². The third-order valence-electron chi connectivity index (χ3n) is 8.16. The van der Waals surface area contributed by atoms with Crippen molar-refractivity contribution in [2.24, 2.45) is 0 Å². The average molecular weight is 779 g/mol. The van der Waals surface area contributed by atoms with Gasteiger partial charge in [-0.3, -0.25) is 0 Å². The van der Waals surface area contributed by atoms with Gasteiger partial charge in [-0.05, 0) is 117 Å². The van der Waals surface area contributed by atoms with Gasteiger partial charge in [0.1, 0.15) is 38.7 Å². The van der Waals surface area contributed by atoms with Crippen molar-refractivity contribution in [1.82, 2.24) is 8.46 Å². The minimum Gasteiger partial charge on any atom is -0.381 e. The molecule has 13 heteroatoms. The van der Waals surface area contributed by atoms with Gasteiger partial charge in [-0.15, -0.1) is 44.3 Å². The highest BCUT2D eigenvalue weighted by Crippen LogP contribution is 2.44. The molecular weight excluding hydrogens is 715 g/mol. The smallest absolute Gasteiger partial charge is 0.242 e. The normalized spacial score (nSPS) is 15.7. The number of ether oxygens (including phenoxy) is 1. The molecule has 252 valence electrons. The topological polar surface area (TPSA) is 15.7 Å². The summed E-state index contributed by atoms with van der Waals surface area (Å²) in [5.41, 5.74) is 15.7. The van der Waals surface area contributed by atoms with Crippen molar-refractivity contribution in [2.75, 3.05) is 26.3 Å². The maximum absolute atomic E-state index is 6.69. The molecule has 0 bridgehead atoms. The summed E-state index contributed by atoms with van der Waals surface area (Å²) in [7, 11) is -5.07. The molecule has 0 aliphatic carbocycles. The molecule has 0 spiro atoms. The summed E-state index contributed by atoms with van der Waals surface area (Å²) in [4.78, 5) is 0. The summed E-state index contributed by atoms with van der Waals surface area (Å²) in [5, 5.41) is -0.0312. The number of hydrogen-bond acceptors (Lipinski definition) is 3. The highest BCUT2D eigenvalue weighted by Gasteiger charge is 2.35. The standard InChI is InChI=1S/C30H64Cl4N2OSi6/c1-25(2)21-38-35(39-22-26(3)4)17-11-13-29(9,42(31)32)15-19-37-20-16-30(10,43(33)34)14-12-18-36(40-23-27(5)6)41-24-28(7)8/h21-24,42-43H,11-20,38-41H2,1-10H3. The van der Waals surface area contributed by atoms with Crippen LogP contribution in [0.15, 0.2) is 45.1 Å². The Morgan fingerprint density at radius 2 is 0.837 bits per heavy atom. The van der Waals surface area contributed by atoms with Crippen LogP contribution in [0.2, 0.25) is 10.1 Å². The largest absolute Gasteiger partial charge is 0.381 e. The molecule has 0 N–H and O–H groups in total. The van der Waals surface area contributed by atoms with Gasteiger partial charge >= 0.3 is 0 Å². The summed E-state index contributed by atoms with van der Waals surface area (Å²) >= 11 is 26.8. The van der Waals surface area contributed by atoms with Crippen LogP contribution < -0.4 is 0 Å². The van der Waals surface area contributed by atoms with Crippen molar-refractivity contribution in [1.29, 1.82) is 0 Å². The SMILES string of the molecule is CC(C)=C[SiH2]N(CCCC(C)(CCOCCC(C)(CCCN([SiH2]C=C(C)C)[SiH2]C=C(C)C)[SiH](Cl)Cl)[SiH](Cl)Cl)[SiH2]C=C(C)C. The van der Waals surface area contributed by atoms with Gasteiger partial charge in [-0.25, -0.2) is 0 Å². The Morgan fingerprint density at radius 1 is 0.558 bits per heavy atom.